The SMILES string of the molecule is CCOS(CNC1CCCCC1)(OCC)OCC. The molecule has 1 aliphatic carbocycles. The van der Waals surface area contributed by atoms with Crippen molar-refractivity contribution in [1.29, 1.82) is 0 Å². The minimum Gasteiger partial charge on any atom is -0.301 e. The van der Waals surface area contributed by atoms with Gasteiger partial charge in [0.05, 0.1) is 25.7 Å². The van der Waals surface area contributed by atoms with E-state index in [0.717, 1.165) is 0 Å². The fraction of sp³-hybridized carbons (Fsp3) is 1.00. The highest BCUT2D eigenvalue weighted by atomic mass is 32.3. The van der Waals surface area contributed by atoms with Crippen LogP contribution in [0.15, 0.2) is 0 Å². The zero-order valence-corrected chi connectivity index (χ0v) is 12.9. The van der Waals surface area contributed by atoms with Crippen LogP contribution in [-0.4, -0.2) is 31.7 Å². The van der Waals surface area contributed by atoms with Crippen LogP contribution in [0.1, 0.15) is 52.9 Å². The first-order chi connectivity index (χ1) is 8.76. The van der Waals surface area contributed by atoms with E-state index in [1.807, 2.05) is 20.8 Å². The van der Waals surface area contributed by atoms with Crippen LogP contribution < -0.4 is 5.32 Å². The maximum Gasteiger partial charge on any atom is 0.103 e. The lowest BCUT2D eigenvalue weighted by molar-refractivity contribution is 0.181. The van der Waals surface area contributed by atoms with E-state index in [0.29, 0.717) is 31.7 Å². The Morgan fingerprint density at radius 1 is 0.889 bits per heavy atom. The monoisotopic (exact) mass is 279 g/mol. The second-order valence-electron chi connectivity index (χ2n) is 4.46. The third-order valence-corrected chi connectivity index (χ3v) is 5.35. The summed E-state index contributed by atoms with van der Waals surface area (Å²) in [4.78, 5) is 0. The fourth-order valence-corrected chi connectivity index (χ4v) is 4.26. The standard InChI is InChI=1S/C13H29NO3S/c1-4-15-18(16-5-2,17-6-3)12-14-13-10-8-7-9-11-13/h13-14H,4-12H2,1-3H3. The molecule has 0 aliphatic heterocycles. The molecule has 0 aromatic rings. The van der Waals surface area contributed by atoms with E-state index < -0.39 is 10.9 Å². The molecule has 0 aromatic carbocycles. The van der Waals surface area contributed by atoms with Gasteiger partial charge in [0.1, 0.15) is 10.9 Å². The normalized spacial score (nSPS) is 19.1. The molecule has 0 aromatic heterocycles. The molecule has 0 atom stereocenters. The van der Waals surface area contributed by atoms with Gasteiger partial charge >= 0.3 is 0 Å². The third-order valence-electron chi connectivity index (χ3n) is 3.05. The van der Waals surface area contributed by atoms with Gasteiger partial charge in [-0.2, -0.15) is 0 Å². The lowest BCUT2D eigenvalue weighted by atomic mass is 9.96. The van der Waals surface area contributed by atoms with Crippen LogP contribution in [0.2, 0.25) is 0 Å². The van der Waals surface area contributed by atoms with Gasteiger partial charge in [-0.15, -0.1) is 0 Å². The summed E-state index contributed by atoms with van der Waals surface area (Å²) in [6.07, 6.45) is 6.56. The minimum atomic E-state index is -1.86. The molecule has 1 aliphatic rings. The smallest absolute Gasteiger partial charge is 0.103 e. The summed E-state index contributed by atoms with van der Waals surface area (Å²) in [5.74, 6) is 0.688. The number of rotatable bonds is 9. The summed E-state index contributed by atoms with van der Waals surface area (Å²) >= 11 is 0. The van der Waals surface area contributed by atoms with Crippen molar-refractivity contribution < 1.29 is 12.5 Å². The van der Waals surface area contributed by atoms with Crippen molar-refractivity contribution in [3.63, 3.8) is 0 Å². The molecular formula is C13H29NO3S. The van der Waals surface area contributed by atoms with Crippen LogP contribution in [0.25, 0.3) is 0 Å². The molecule has 1 fully saturated rings. The van der Waals surface area contributed by atoms with Gasteiger partial charge in [0.25, 0.3) is 0 Å². The van der Waals surface area contributed by atoms with E-state index in [-0.39, 0.29) is 0 Å². The van der Waals surface area contributed by atoms with Gasteiger partial charge in [0, 0.05) is 6.04 Å². The average Bonchev–Trinajstić information content (AvgIpc) is 2.39. The maximum atomic E-state index is 5.78. The second-order valence-corrected chi connectivity index (χ2v) is 6.57. The van der Waals surface area contributed by atoms with E-state index in [4.69, 9.17) is 12.5 Å². The van der Waals surface area contributed by atoms with Crippen LogP contribution in [0.3, 0.4) is 0 Å². The number of nitrogens with one attached hydrogen (secondary N) is 1. The van der Waals surface area contributed by atoms with Crippen molar-refractivity contribution in [2.75, 3.05) is 25.7 Å². The summed E-state index contributed by atoms with van der Waals surface area (Å²) in [5.41, 5.74) is 0. The van der Waals surface area contributed by atoms with E-state index in [9.17, 15) is 0 Å². The van der Waals surface area contributed by atoms with Crippen molar-refractivity contribution >= 4 is 10.9 Å². The molecule has 0 radical (unpaired) electrons. The predicted molar refractivity (Wildman–Crippen MR) is 77.3 cm³/mol. The Labute approximate surface area is 114 Å². The van der Waals surface area contributed by atoms with Crippen LogP contribution in [-0.2, 0) is 12.5 Å². The highest BCUT2D eigenvalue weighted by Crippen LogP contribution is 2.50. The van der Waals surface area contributed by atoms with Gasteiger partial charge in [0.15, 0.2) is 0 Å². The van der Waals surface area contributed by atoms with E-state index in [1.165, 1.54) is 32.1 Å². The lowest BCUT2D eigenvalue weighted by Crippen LogP contribution is -2.35. The molecule has 0 saturated heterocycles. The van der Waals surface area contributed by atoms with Gasteiger partial charge in [-0.3, -0.25) is 12.5 Å². The highest BCUT2D eigenvalue weighted by molar-refractivity contribution is 8.21. The van der Waals surface area contributed by atoms with Gasteiger partial charge in [0.2, 0.25) is 0 Å². The van der Waals surface area contributed by atoms with Gasteiger partial charge in [-0.1, -0.05) is 19.3 Å². The van der Waals surface area contributed by atoms with E-state index in [1.54, 1.807) is 0 Å². The molecule has 0 spiro atoms. The Hall–Kier alpha value is 0.190. The second kappa shape index (κ2) is 9.15. The van der Waals surface area contributed by atoms with Crippen LogP contribution in [0.5, 0.6) is 0 Å². The highest BCUT2D eigenvalue weighted by Gasteiger charge is 2.27. The Morgan fingerprint density at radius 3 is 1.83 bits per heavy atom. The van der Waals surface area contributed by atoms with Gasteiger partial charge < -0.3 is 5.32 Å². The molecule has 1 saturated carbocycles. The molecule has 0 amide bonds. The van der Waals surface area contributed by atoms with Crippen molar-refractivity contribution in [2.24, 2.45) is 0 Å². The van der Waals surface area contributed by atoms with Crippen molar-refractivity contribution in [1.82, 2.24) is 5.32 Å². The topological polar surface area (TPSA) is 39.7 Å². The first-order valence-corrected chi connectivity index (χ1v) is 8.81. The fourth-order valence-electron chi connectivity index (χ4n) is 2.29. The summed E-state index contributed by atoms with van der Waals surface area (Å²) in [6.45, 7) is 7.84. The van der Waals surface area contributed by atoms with Crippen molar-refractivity contribution in [3.05, 3.63) is 0 Å². The molecule has 18 heavy (non-hydrogen) atoms. The van der Waals surface area contributed by atoms with Crippen LogP contribution in [0.4, 0.5) is 0 Å². The molecule has 0 unspecified atom stereocenters. The Bertz CT molecular complexity index is 193. The van der Waals surface area contributed by atoms with Crippen molar-refractivity contribution in [2.45, 2.75) is 58.9 Å². The summed E-state index contributed by atoms with van der Waals surface area (Å²) < 4.78 is 17.3. The first kappa shape index (κ1) is 16.2. The molecule has 4 nitrogen and oxygen atoms in total. The molecule has 5 heteroatoms. The van der Waals surface area contributed by atoms with Crippen LogP contribution in [0, 0.1) is 0 Å². The van der Waals surface area contributed by atoms with Gasteiger partial charge in [-0.25, -0.2) is 0 Å². The predicted octanol–water partition coefficient (Wildman–Crippen LogP) is 3.53. The van der Waals surface area contributed by atoms with Crippen LogP contribution >= 0.6 is 10.9 Å². The summed E-state index contributed by atoms with van der Waals surface area (Å²) in [7, 11) is -1.86. The van der Waals surface area contributed by atoms with E-state index >= 15 is 0 Å². The summed E-state index contributed by atoms with van der Waals surface area (Å²) in [5, 5.41) is 3.58. The van der Waals surface area contributed by atoms with E-state index in [2.05, 4.69) is 5.32 Å². The molecular weight excluding hydrogens is 250 g/mol. The molecule has 110 valence electrons. The largest absolute Gasteiger partial charge is 0.301 e. The Balaban J connectivity index is 2.46. The molecule has 0 bridgehead atoms. The Kier molecular flexibility index (Phi) is 8.26. The number of hydrogen-bond donors (Lipinski definition) is 1. The zero-order chi connectivity index (χ0) is 13.3. The molecule has 0 heterocycles. The quantitative estimate of drug-likeness (QED) is 0.701. The zero-order valence-electron chi connectivity index (χ0n) is 12.1. The lowest BCUT2D eigenvalue weighted by Gasteiger charge is -2.38. The minimum absolute atomic E-state index is 0.604. The number of hydrogen-bond acceptors (Lipinski definition) is 4. The third kappa shape index (κ3) is 5.45. The van der Waals surface area contributed by atoms with Crippen molar-refractivity contribution in [3.8, 4) is 0 Å². The maximum absolute atomic E-state index is 5.78. The molecule has 1 N–H and O–H groups in total. The van der Waals surface area contributed by atoms with Gasteiger partial charge in [-0.05, 0) is 33.6 Å². The molecule has 1 rings (SSSR count). The average molecular weight is 279 g/mol. The summed E-state index contributed by atoms with van der Waals surface area (Å²) in [6, 6.07) is 0.604. The first-order valence-electron chi connectivity index (χ1n) is 7.23. The Morgan fingerprint density at radius 2 is 1.39 bits per heavy atom.